The SMILES string of the molecule is CCC(=O)OC(=O)C(=O)Cl. The fourth-order valence-corrected chi connectivity index (χ4v) is 0.254. The number of carbonyl (C=O) groups excluding carboxylic acids is 3. The van der Waals surface area contributed by atoms with E-state index in [1.165, 1.54) is 6.92 Å². The zero-order valence-corrected chi connectivity index (χ0v) is 5.97. The van der Waals surface area contributed by atoms with Gasteiger partial charge in [-0.25, -0.2) is 4.79 Å². The first-order chi connectivity index (χ1) is 4.57. The molecule has 0 atom stereocenters. The second-order valence-corrected chi connectivity index (χ2v) is 1.73. The molecule has 56 valence electrons. The van der Waals surface area contributed by atoms with Gasteiger partial charge in [-0.1, -0.05) is 6.92 Å². The minimum absolute atomic E-state index is 0.0376. The molecule has 4 nitrogen and oxygen atoms in total. The highest BCUT2D eigenvalue weighted by molar-refractivity contribution is 6.80. The average molecular weight is 165 g/mol. The summed E-state index contributed by atoms with van der Waals surface area (Å²) in [6, 6.07) is 0. The van der Waals surface area contributed by atoms with E-state index < -0.39 is 17.2 Å². The predicted octanol–water partition coefficient (Wildman–Crippen LogP) is 0.232. The van der Waals surface area contributed by atoms with Crippen molar-refractivity contribution < 1.29 is 19.1 Å². The maximum absolute atomic E-state index is 10.3. The molecule has 0 heterocycles. The molecule has 0 unspecified atom stereocenters. The van der Waals surface area contributed by atoms with Crippen molar-refractivity contribution in [1.82, 2.24) is 0 Å². The lowest BCUT2D eigenvalue weighted by molar-refractivity contribution is -0.162. The average Bonchev–Trinajstić information content (AvgIpc) is 1.87. The molecular formula is C5H5ClO4. The zero-order valence-electron chi connectivity index (χ0n) is 5.22. The fourth-order valence-electron chi connectivity index (χ4n) is 0.216. The summed E-state index contributed by atoms with van der Waals surface area (Å²) in [7, 11) is 0. The lowest BCUT2D eigenvalue weighted by Gasteiger charge is -1.93. The van der Waals surface area contributed by atoms with E-state index in [0.29, 0.717) is 0 Å². The normalized spacial score (nSPS) is 8.60. The van der Waals surface area contributed by atoms with E-state index in [9.17, 15) is 14.4 Å². The van der Waals surface area contributed by atoms with Crippen LogP contribution in [0.15, 0.2) is 0 Å². The topological polar surface area (TPSA) is 60.4 Å². The molecule has 0 fully saturated rings. The third kappa shape index (κ3) is 3.19. The van der Waals surface area contributed by atoms with Gasteiger partial charge in [0.05, 0.1) is 0 Å². The Morgan fingerprint density at radius 3 is 2.20 bits per heavy atom. The van der Waals surface area contributed by atoms with E-state index >= 15 is 0 Å². The first-order valence-electron chi connectivity index (χ1n) is 2.52. The maximum atomic E-state index is 10.3. The molecule has 0 rings (SSSR count). The van der Waals surface area contributed by atoms with Crippen LogP contribution in [-0.2, 0) is 19.1 Å². The minimum atomic E-state index is -1.33. The van der Waals surface area contributed by atoms with Crippen LogP contribution in [0, 0.1) is 0 Å². The van der Waals surface area contributed by atoms with Crippen molar-refractivity contribution in [3.05, 3.63) is 0 Å². The Bertz CT molecular complexity index is 174. The molecule has 0 amide bonds. The van der Waals surface area contributed by atoms with Crippen LogP contribution >= 0.6 is 11.6 Å². The maximum Gasteiger partial charge on any atom is 0.399 e. The van der Waals surface area contributed by atoms with Crippen molar-refractivity contribution in [1.29, 1.82) is 0 Å². The van der Waals surface area contributed by atoms with Gasteiger partial charge >= 0.3 is 17.2 Å². The Hall–Kier alpha value is -0.900. The summed E-state index contributed by atoms with van der Waals surface area (Å²) in [6.07, 6.45) is 0.0376. The highest BCUT2D eigenvalue weighted by atomic mass is 35.5. The van der Waals surface area contributed by atoms with E-state index in [4.69, 9.17) is 0 Å². The molecule has 0 aliphatic carbocycles. The summed E-state index contributed by atoms with van der Waals surface area (Å²) < 4.78 is 3.90. The van der Waals surface area contributed by atoms with Gasteiger partial charge in [0.2, 0.25) is 0 Å². The van der Waals surface area contributed by atoms with Gasteiger partial charge < -0.3 is 4.74 Å². The summed E-state index contributed by atoms with van der Waals surface area (Å²) >= 11 is 4.66. The first-order valence-corrected chi connectivity index (χ1v) is 2.90. The highest BCUT2D eigenvalue weighted by Crippen LogP contribution is 1.89. The standard InChI is InChI=1S/C5H5ClO4/c1-2-3(7)10-5(9)4(6)8/h2H2,1H3. The molecule has 0 spiro atoms. The zero-order chi connectivity index (χ0) is 8.15. The third-order valence-corrected chi connectivity index (χ3v) is 0.810. The van der Waals surface area contributed by atoms with Crippen molar-refractivity contribution in [3.8, 4) is 0 Å². The smallest absolute Gasteiger partial charge is 0.386 e. The number of halogens is 1. The second-order valence-electron chi connectivity index (χ2n) is 1.39. The molecule has 0 bridgehead atoms. The van der Waals surface area contributed by atoms with Crippen molar-refractivity contribution in [2.45, 2.75) is 13.3 Å². The Morgan fingerprint density at radius 1 is 1.40 bits per heavy atom. The van der Waals surface area contributed by atoms with Gasteiger partial charge in [-0.3, -0.25) is 9.59 Å². The highest BCUT2D eigenvalue weighted by Gasteiger charge is 2.14. The summed E-state index contributed by atoms with van der Waals surface area (Å²) in [6.45, 7) is 1.49. The molecule has 0 N–H and O–H groups in total. The lowest BCUT2D eigenvalue weighted by Crippen LogP contribution is -2.16. The van der Waals surface area contributed by atoms with Gasteiger partial charge in [0.15, 0.2) is 0 Å². The lowest BCUT2D eigenvalue weighted by atomic mass is 10.5. The van der Waals surface area contributed by atoms with Crippen molar-refractivity contribution in [2.75, 3.05) is 0 Å². The first kappa shape index (κ1) is 9.10. The molecule has 0 saturated carbocycles. The Balaban J connectivity index is 3.80. The Kier molecular flexibility index (Phi) is 3.64. The summed E-state index contributed by atoms with van der Waals surface area (Å²) in [5.74, 6) is -2.09. The molecule has 0 radical (unpaired) electrons. The van der Waals surface area contributed by atoms with Gasteiger partial charge in [-0.2, -0.15) is 0 Å². The fraction of sp³-hybridized carbons (Fsp3) is 0.400. The molecule has 0 aromatic carbocycles. The van der Waals surface area contributed by atoms with Gasteiger partial charge in [0.1, 0.15) is 0 Å². The quantitative estimate of drug-likeness (QED) is 0.254. The Labute approximate surface area is 62.1 Å². The van der Waals surface area contributed by atoms with Crippen LogP contribution in [0.5, 0.6) is 0 Å². The summed E-state index contributed by atoms with van der Waals surface area (Å²) in [4.78, 5) is 30.4. The van der Waals surface area contributed by atoms with Crippen molar-refractivity contribution in [2.24, 2.45) is 0 Å². The number of esters is 2. The van der Waals surface area contributed by atoms with Crippen LogP contribution < -0.4 is 0 Å². The Morgan fingerprint density at radius 2 is 1.90 bits per heavy atom. The number of carbonyl (C=O) groups is 3. The number of ether oxygens (including phenoxy) is 1. The van der Waals surface area contributed by atoms with E-state index in [1.807, 2.05) is 0 Å². The van der Waals surface area contributed by atoms with Crippen LogP contribution in [0.25, 0.3) is 0 Å². The van der Waals surface area contributed by atoms with E-state index in [-0.39, 0.29) is 6.42 Å². The van der Waals surface area contributed by atoms with Crippen LogP contribution in [0.3, 0.4) is 0 Å². The van der Waals surface area contributed by atoms with Crippen LogP contribution in [0.2, 0.25) is 0 Å². The summed E-state index contributed by atoms with van der Waals surface area (Å²) in [5.41, 5.74) is 0. The van der Waals surface area contributed by atoms with E-state index in [1.54, 1.807) is 0 Å². The minimum Gasteiger partial charge on any atom is -0.386 e. The molecule has 0 aromatic rings. The molecule has 5 heteroatoms. The van der Waals surface area contributed by atoms with Gasteiger partial charge in [0.25, 0.3) is 0 Å². The van der Waals surface area contributed by atoms with Gasteiger partial charge in [-0.15, -0.1) is 0 Å². The largest absolute Gasteiger partial charge is 0.399 e. The molecule has 0 saturated heterocycles. The monoisotopic (exact) mass is 164 g/mol. The van der Waals surface area contributed by atoms with Gasteiger partial charge in [-0.05, 0) is 11.6 Å². The summed E-state index contributed by atoms with van der Waals surface area (Å²) in [5, 5.41) is -1.29. The molecule has 0 aliphatic rings. The molecule has 0 aromatic heterocycles. The number of hydrogen-bond donors (Lipinski definition) is 0. The van der Waals surface area contributed by atoms with Crippen molar-refractivity contribution in [3.63, 3.8) is 0 Å². The van der Waals surface area contributed by atoms with E-state index in [2.05, 4.69) is 16.3 Å². The molecule has 10 heavy (non-hydrogen) atoms. The molecular weight excluding hydrogens is 160 g/mol. The van der Waals surface area contributed by atoms with Crippen molar-refractivity contribution >= 4 is 28.8 Å². The molecule has 0 aliphatic heterocycles. The predicted molar refractivity (Wildman–Crippen MR) is 32.2 cm³/mol. The number of hydrogen-bond acceptors (Lipinski definition) is 4. The third-order valence-electron chi connectivity index (χ3n) is 0.656. The van der Waals surface area contributed by atoms with Crippen LogP contribution in [0.1, 0.15) is 13.3 Å². The second kappa shape index (κ2) is 4.00. The van der Waals surface area contributed by atoms with E-state index in [0.717, 1.165) is 0 Å². The van der Waals surface area contributed by atoms with Gasteiger partial charge in [0, 0.05) is 6.42 Å². The number of rotatable bonds is 2. The van der Waals surface area contributed by atoms with Crippen LogP contribution in [-0.4, -0.2) is 17.2 Å². The van der Waals surface area contributed by atoms with Crippen LogP contribution in [0.4, 0.5) is 0 Å².